The number of hydrogen-bond acceptors (Lipinski definition) is 2. The molecule has 1 atom stereocenters. The molecule has 1 unspecified atom stereocenters. The third kappa shape index (κ3) is 3.67. The zero-order valence-electron chi connectivity index (χ0n) is 18.2. The van der Waals surface area contributed by atoms with E-state index in [9.17, 15) is 6.17 Å². The van der Waals surface area contributed by atoms with Crippen molar-refractivity contribution in [1.29, 1.82) is 0 Å². The average molecular weight is 466 g/mol. The number of fused-ring (bicyclic) bond motifs is 1. The number of Topliss-reactive ketones (excluding diaryl/α,β-unsaturated/α-hetero) is 1. The SMILES string of the molecule is [2H]C1([O][Ge]([c]2ccccc2)([c]2ccccc2)[c]2ccccc2)CCc2ccccc2C1=O. The summed E-state index contributed by atoms with van der Waals surface area (Å²) in [5, 5.41) is 0. The van der Waals surface area contributed by atoms with Crippen LogP contribution >= 0.6 is 0 Å². The van der Waals surface area contributed by atoms with Gasteiger partial charge in [0.25, 0.3) is 0 Å². The third-order valence-corrected chi connectivity index (χ3v) is 14.3. The molecule has 1 aliphatic carbocycles. The van der Waals surface area contributed by atoms with Crippen molar-refractivity contribution in [3.8, 4) is 0 Å². The van der Waals surface area contributed by atoms with Crippen molar-refractivity contribution in [1.82, 2.24) is 0 Å². The van der Waals surface area contributed by atoms with E-state index >= 15 is 0 Å². The molecule has 0 heterocycles. The van der Waals surface area contributed by atoms with Gasteiger partial charge in [-0.1, -0.05) is 0 Å². The van der Waals surface area contributed by atoms with E-state index in [0.29, 0.717) is 18.4 Å². The Bertz CT molecular complexity index is 1130. The van der Waals surface area contributed by atoms with Crippen LogP contribution in [0, 0.1) is 0 Å². The van der Waals surface area contributed by atoms with E-state index < -0.39 is 19.7 Å². The maximum absolute atomic E-state index is 13.6. The number of ketones is 1. The zero-order valence-corrected chi connectivity index (χ0v) is 19.3. The van der Waals surface area contributed by atoms with Crippen molar-refractivity contribution in [3.05, 3.63) is 126 Å². The molecule has 4 aromatic carbocycles. The monoisotopic (exact) mass is 467 g/mol. The fourth-order valence-corrected chi connectivity index (χ4v) is 12.6. The van der Waals surface area contributed by atoms with Gasteiger partial charge in [-0.25, -0.2) is 0 Å². The Balaban J connectivity index is 1.73. The van der Waals surface area contributed by atoms with Crippen molar-refractivity contribution >= 4 is 32.6 Å². The normalized spacial score (nSPS) is 18.8. The Morgan fingerprint density at radius 3 is 1.65 bits per heavy atom. The Labute approximate surface area is 187 Å². The molecule has 0 aliphatic heterocycles. The minimum absolute atomic E-state index is 0.239. The van der Waals surface area contributed by atoms with Crippen molar-refractivity contribution in [2.24, 2.45) is 0 Å². The maximum atomic E-state index is 13.6. The number of aryl methyl sites for hydroxylation is 1. The summed E-state index contributed by atoms with van der Waals surface area (Å²) in [6.07, 6.45) is -0.625. The molecule has 4 aromatic rings. The molecular formula is C28H24GeO2. The summed E-state index contributed by atoms with van der Waals surface area (Å²) in [4.78, 5) is 13.6. The second-order valence-electron chi connectivity index (χ2n) is 7.79. The van der Waals surface area contributed by atoms with Gasteiger partial charge in [0.1, 0.15) is 0 Å². The molecule has 0 saturated carbocycles. The Morgan fingerprint density at radius 1 is 0.677 bits per heavy atom. The van der Waals surface area contributed by atoms with E-state index in [1.807, 2.05) is 78.9 Å². The first-order chi connectivity index (χ1) is 15.6. The molecule has 0 spiro atoms. The quantitative estimate of drug-likeness (QED) is 0.418. The van der Waals surface area contributed by atoms with Crippen molar-refractivity contribution in [2.45, 2.75) is 18.9 Å². The van der Waals surface area contributed by atoms with Crippen LogP contribution in [-0.4, -0.2) is 25.5 Å². The van der Waals surface area contributed by atoms with E-state index in [2.05, 4.69) is 36.4 Å². The van der Waals surface area contributed by atoms with Gasteiger partial charge in [0.2, 0.25) is 0 Å². The summed E-state index contributed by atoms with van der Waals surface area (Å²) < 4.78 is 19.6. The number of rotatable bonds is 5. The van der Waals surface area contributed by atoms with Gasteiger partial charge < -0.3 is 0 Å². The van der Waals surface area contributed by atoms with Crippen molar-refractivity contribution < 1.29 is 9.93 Å². The zero-order chi connectivity index (χ0) is 22.0. The molecule has 0 fully saturated rings. The van der Waals surface area contributed by atoms with Crippen LogP contribution < -0.4 is 13.2 Å². The number of benzene rings is 4. The number of hydrogen-bond donors (Lipinski definition) is 0. The second-order valence-corrected chi connectivity index (χ2v) is 14.7. The van der Waals surface area contributed by atoms with Crippen LogP contribution in [0.5, 0.6) is 0 Å². The summed E-state index contributed by atoms with van der Waals surface area (Å²) >= 11 is -3.87. The van der Waals surface area contributed by atoms with Gasteiger partial charge in [-0.05, 0) is 0 Å². The van der Waals surface area contributed by atoms with Crippen molar-refractivity contribution in [2.75, 3.05) is 0 Å². The number of carbonyl (C=O) groups excluding carboxylic acids is 1. The van der Waals surface area contributed by atoms with Crippen LogP contribution in [0.2, 0.25) is 0 Å². The summed E-state index contributed by atoms with van der Waals surface area (Å²) in [6.45, 7) is 0. The average Bonchev–Trinajstić information content (AvgIpc) is 2.87. The molecule has 31 heavy (non-hydrogen) atoms. The van der Waals surface area contributed by atoms with E-state index in [1.54, 1.807) is 0 Å². The minimum atomic E-state index is -3.87. The molecule has 1 aliphatic rings. The Kier molecular flexibility index (Phi) is 5.25. The van der Waals surface area contributed by atoms with Crippen LogP contribution in [0.3, 0.4) is 0 Å². The first-order valence-electron chi connectivity index (χ1n) is 11.1. The van der Waals surface area contributed by atoms with Gasteiger partial charge in [-0.15, -0.1) is 0 Å². The van der Waals surface area contributed by atoms with Gasteiger partial charge in [0, 0.05) is 0 Å². The first-order valence-corrected chi connectivity index (χ1v) is 14.6. The van der Waals surface area contributed by atoms with Crippen LogP contribution in [0.1, 0.15) is 23.7 Å². The molecule has 0 radical (unpaired) electrons. The van der Waals surface area contributed by atoms with Crippen LogP contribution in [-0.2, 0) is 10.2 Å². The third-order valence-electron chi connectivity index (χ3n) is 5.95. The molecular weight excluding hydrogens is 441 g/mol. The fourth-order valence-electron chi connectivity index (χ4n) is 4.45. The van der Waals surface area contributed by atoms with Crippen molar-refractivity contribution in [3.63, 3.8) is 0 Å². The summed E-state index contributed by atoms with van der Waals surface area (Å²) in [7, 11) is 0. The Morgan fingerprint density at radius 2 is 1.13 bits per heavy atom. The van der Waals surface area contributed by atoms with Gasteiger partial charge in [0.15, 0.2) is 0 Å². The Hall–Kier alpha value is -2.95. The molecule has 2 nitrogen and oxygen atoms in total. The van der Waals surface area contributed by atoms with E-state index in [0.717, 1.165) is 18.8 Å². The van der Waals surface area contributed by atoms with Gasteiger partial charge in [-0.2, -0.15) is 0 Å². The summed E-state index contributed by atoms with van der Waals surface area (Å²) in [5.74, 6) is -0.239. The second kappa shape index (κ2) is 8.66. The van der Waals surface area contributed by atoms with Crippen LogP contribution in [0.4, 0.5) is 0 Å². The summed E-state index contributed by atoms with van der Waals surface area (Å²) in [5.41, 5.74) is 1.61. The molecule has 0 saturated heterocycles. The molecule has 0 bridgehead atoms. The van der Waals surface area contributed by atoms with E-state index in [4.69, 9.17) is 3.76 Å². The summed E-state index contributed by atoms with van der Waals surface area (Å²) in [6, 6.07) is 38.2. The predicted octanol–water partition coefficient (Wildman–Crippen LogP) is 3.87. The molecule has 5 rings (SSSR count). The fraction of sp³-hybridized carbons (Fsp3) is 0.107. The first kappa shape index (κ1) is 18.8. The van der Waals surface area contributed by atoms with Gasteiger partial charge in [-0.3, -0.25) is 0 Å². The van der Waals surface area contributed by atoms with Gasteiger partial charge >= 0.3 is 188 Å². The van der Waals surface area contributed by atoms with Crippen LogP contribution in [0.25, 0.3) is 0 Å². The number of carbonyl (C=O) groups is 1. The molecule has 0 N–H and O–H groups in total. The molecule has 0 aromatic heterocycles. The van der Waals surface area contributed by atoms with Gasteiger partial charge in [0.05, 0.1) is 0 Å². The molecule has 3 heteroatoms. The standard InChI is InChI=1S/C28H24GeO2/c30-28-26-19-11-10-12-22(26)20-21-27(28)31-29(23-13-4-1-5-14-23,24-15-6-2-7-16-24)25-17-8-3-9-18-25/h1-19,27H,20-21H2/i27D. The van der Waals surface area contributed by atoms with E-state index in [1.165, 1.54) is 0 Å². The van der Waals surface area contributed by atoms with E-state index in [-0.39, 0.29) is 5.78 Å². The van der Waals surface area contributed by atoms with Crippen LogP contribution in [0.15, 0.2) is 115 Å². The predicted molar refractivity (Wildman–Crippen MR) is 128 cm³/mol. The molecule has 152 valence electrons. The molecule has 0 amide bonds. The topological polar surface area (TPSA) is 26.3 Å².